The van der Waals surface area contributed by atoms with Crippen molar-refractivity contribution in [1.82, 2.24) is 23.8 Å². The van der Waals surface area contributed by atoms with E-state index >= 15 is 0 Å². The Hall–Kier alpha value is -2.80. The topological polar surface area (TPSA) is 97.0 Å². The number of nitrogens with two attached hydrogens (primary N) is 1. The lowest BCUT2D eigenvalue weighted by Gasteiger charge is -2.25. The van der Waals surface area contributed by atoms with Crippen molar-refractivity contribution >= 4 is 62.4 Å². The third-order valence-electron chi connectivity index (χ3n) is 6.69. The maximum absolute atomic E-state index is 5.76. The molecule has 1 saturated heterocycles. The molecule has 39 heavy (non-hydrogen) atoms. The van der Waals surface area contributed by atoms with Gasteiger partial charge in [0.1, 0.15) is 11.3 Å². The molecule has 11 heteroatoms. The number of ether oxygens (including phenoxy) is 1. The van der Waals surface area contributed by atoms with E-state index in [0.29, 0.717) is 5.65 Å². The molecule has 0 saturated carbocycles. The molecule has 1 fully saturated rings. The van der Waals surface area contributed by atoms with Crippen molar-refractivity contribution in [2.45, 2.75) is 23.6 Å². The van der Waals surface area contributed by atoms with Gasteiger partial charge in [0.25, 0.3) is 0 Å². The number of halogens is 1. The van der Waals surface area contributed by atoms with Crippen molar-refractivity contribution in [3.8, 4) is 17.1 Å². The second-order valence-corrected chi connectivity index (χ2v) is 12.0. The molecule has 8 nitrogen and oxygen atoms in total. The number of aromatic amines is 1. The molecule has 5 aromatic rings. The zero-order chi connectivity index (χ0) is 26.9. The Morgan fingerprint density at radius 1 is 1.05 bits per heavy atom. The van der Waals surface area contributed by atoms with E-state index in [1.54, 1.807) is 18.1 Å². The third-order valence-corrected chi connectivity index (χ3v) is 8.93. The van der Waals surface area contributed by atoms with Crippen LogP contribution in [0.25, 0.3) is 28.2 Å². The number of rotatable bonds is 7. The van der Waals surface area contributed by atoms with Gasteiger partial charge in [0.05, 0.1) is 23.4 Å². The number of aryl methyl sites for hydroxylation is 1. The molecule has 1 aliphatic heterocycles. The zero-order valence-corrected chi connectivity index (χ0v) is 24.8. The number of hydrogen-bond donors (Lipinski definition) is 3. The molecule has 200 valence electrons. The number of benzene rings is 2. The Bertz CT molecular complexity index is 1630. The van der Waals surface area contributed by atoms with E-state index in [-0.39, 0.29) is 0 Å². The quantitative estimate of drug-likeness (QED) is 0.170. The van der Waals surface area contributed by atoms with E-state index in [0.717, 1.165) is 81.0 Å². The van der Waals surface area contributed by atoms with E-state index in [4.69, 9.17) is 14.9 Å². The predicted molar refractivity (Wildman–Crippen MR) is 164 cm³/mol. The Kier molecular flexibility index (Phi) is 7.70. The van der Waals surface area contributed by atoms with Gasteiger partial charge in [0, 0.05) is 57.4 Å². The molecule has 4 heterocycles. The summed E-state index contributed by atoms with van der Waals surface area (Å²) in [5.41, 5.74) is 7.68. The van der Waals surface area contributed by atoms with Crippen molar-refractivity contribution in [2.24, 2.45) is 5.14 Å². The fraction of sp³-hybridized carbons (Fsp3) is 0.214. The second kappa shape index (κ2) is 11.4. The Morgan fingerprint density at radius 3 is 2.62 bits per heavy atom. The fourth-order valence-corrected chi connectivity index (χ4v) is 6.44. The van der Waals surface area contributed by atoms with Gasteiger partial charge in [-0.1, -0.05) is 6.07 Å². The minimum absolute atomic E-state index is 0.717. The van der Waals surface area contributed by atoms with Crippen LogP contribution in [0.3, 0.4) is 0 Å². The summed E-state index contributed by atoms with van der Waals surface area (Å²) in [5, 5.41) is 9.25. The molecule has 0 aliphatic carbocycles. The third kappa shape index (κ3) is 5.47. The lowest BCUT2D eigenvalue weighted by Crippen LogP contribution is -2.30. The maximum Gasteiger partial charge on any atom is 0.159 e. The standard InChI is InChI=1S/C28H28BrN7OS2/c1-17-14-23(18(2)36(17)20-6-8-21(9-7-20)39-35-10-12-37-13-11-35)27-33-26-25(24(29)16-31-28(26)34-27)32-19-4-3-5-22(15-19)38-30/h3-9,14-16H,10-13,30H2,1-2H3,(H2,31,32,33,34). The molecule has 0 atom stereocenters. The van der Waals surface area contributed by atoms with Gasteiger partial charge in [-0.3, -0.25) is 5.14 Å². The van der Waals surface area contributed by atoms with Gasteiger partial charge in [-0.05, 0) is 102 Å². The number of hydrogen-bond acceptors (Lipinski definition) is 8. The lowest BCUT2D eigenvalue weighted by molar-refractivity contribution is 0.0773. The van der Waals surface area contributed by atoms with Crippen LogP contribution in [0.5, 0.6) is 0 Å². The van der Waals surface area contributed by atoms with Gasteiger partial charge < -0.3 is 19.6 Å². The van der Waals surface area contributed by atoms with Crippen LogP contribution in [0.2, 0.25) is 0 Å². The summed E-state index contributed by atoms with van der Waals surface area (Å²) in [4.78, 5) is 15.2. The number of morpholine rings is 1. The first-order valence-electron chi connectivity index (χ1n) is 12.6. The molecule has 0 bridgehead atoms. The summed E-state index contributed by atoms with van der Waals surface area (Å²) >= 11 is 6.66. The minimum atomic E-state index is 0.717. The molecule has 6 rings (SSSR count). The summed E-state index contributed by atoms with van der Waals surface area (Å²) in [7, 11) is 0. The highest BCUT2D eigenvalue weighted by Crippen LogP contribution is 2.35. The number of H-pyrrole nitrogens is 1. The first-order chi connectivity index (χ1) is 19.0. The molecule has 1 aliphatic rings. The van der Waals surface area contributed by atoms with Gasteiger partial charge in [0.15, 0.2) is 5.65 Å². The van der Waals surface area contributed by atoms with Crippen molar-refractivity contribution in [1.29, 1.82) is 0 Å². The average molecular weight is 623 g/mol. The first kappa shape index (κ1) is 26.4. The van der Waals surface area contributed by atoms with E-state index < -0.39 is 0 Å². The van der Waals surface area contributed by atoms with Crippen molar-refractivity contribution in [2.75, 3.05) is 31.6 Å². The van der Waals surface area contributed by atoms with Crippen LogP contribution in [-0.4, -0.2) is 50.1 Å². The van der Waals surface area contributed by atoms with Gasteiger partial charge >= 0.3 is 0 Å². The van der Waals surface area contributed by atoms with Crippen molar-refractivity contribution in [3.63, 3.8) is 0 Å². The lowest BCUT2D eigenvalue weighted by atomic mass is 10.2. The Morgan fingerprint density at radius 2 is 1.85 bits per heavy atom. The van der Waals surface area contributed by atoms with Crippen LogP contribution in [0, 0.1) is 13.8 Å². The highest BCUT2D eigenvalue weighted by atomic mass is 79.9. The second-order valence-electron chi connectivity index (χ2n) is 9.28. The van der Waals surface area contributed by atoms with E-state index in [1.807, 2.05) is 24.3 Å². The number of nitrogens with one attached hydrogen (secondary N) is 2. The summed E-state index contributed by atoms with van der Waals surface area (Å²) in [6, 6.07) is 18.9. The number of aromatic nitrogens is 4. The molecule has 3 aromatic heterocycles. The Balaban J connectivity index is 1.31. The number of imidazole rings is 1. The summed E-state index contributed by atoms with van der Waals surface area (Å²) in [5.74, 6) is 0.781. The van der Waals surface area contributed by atoms with E-state index in [2.05, 4.69) is 84.3 Å². The molecule has 0 spiro atoms. The van der Waals surface area contributed by atoms with Crippen LogP contribution in [0.15, 0.2) is 75.1 Å². The SMILES string of the molecule is Cc1cc(-c2nc3c(Nc4cccc(SN)c4)c(Br)cnc3[nH]2)c(C)n1-c1ccc(SN2CCOCC2)cc1. The fourth-order valence-electron chi connectivity index (χ4n) is 4.81. The number of nitrogens with zero attached hydrogens (tertiary/aromatic N) is 4. The van der Waals surface area contributed by atoms with Crippen LogP contribution in [0.4, 0.5) is 11.4 Å². The number of pyridine rings is 1. The van der Waals surface area contributed by atoms with Crippen LogP contribution in [0.1, 0.15) is 11.4 Å². The normalized spacial score (nSPS) is 14.3. The van der Waals surface area contributed by atoms with Crippen molar-refractivity contribution in [3.05, 3.63) is 76.7 Å². The largest absolute Gasteiger partial charge is 0.379 e. The highest BCUT2D eigenvalue weighted by Gasteiger charge is 2.19. The van der Waals surface area contributed by atoms with E-state index in [1.165, 1.54) is 16.8 Å². The highest BCUT2D eigenvalue weighted by molar-refractivity contribution is 9.10. The maximum atomic E-state index is 5.76. The molecular weight excluding hydrogens is 594 g/mol. The zero-order valence-electron chi connectivity index (χ0n) is 21.6. The molecule has 0 amide bonds. The van der Waals surface area contributed by atoms with Crippen LogP contribution < -0.4 is 10.5 Å². The average Bonchev–Trinajstić information content (AvgIpc) is 3.52. The van der Waals surface area contributed by atoms with Crippen molar-refractivity contribution < 1.29 is 4.74 Å². The van der Waals surface area contributed by atoms with Crippen LogP contribution >= 0.6 is 39.8 Å². The van der Waals surface area contributed by atoms with E-state index in [9.17, 15) is 0 Å². The summed E-state index contributed by atoms with van der Waals surface area (Å²) in [6.45, 7) is 7.74. The van der Waals surface area contributed by atoms with Crippen LogP contribution in [-0.2, 0) is 4.74 Å². The minimum Gasteiger partial charge on any atom is -0.379 e. The monoisotopic (exact) mass is 621 g/mol. The summed E-state index contributed by atoms with van der Waals surface area (Å²) < 4.78 is 10.9. The number of anilines is 2. The van der Waals surface area contributed by atoms with Gasteiger partial charge in [-0.15, -0.1) is 0 Å². The number of fused-ring (bicyclic) bond motifs is 1. The van der Waals surface area contributed by atoms with Gasteiger partial charge in [0.2, 0.25) is 0 Å². The first-order valence-corrected chi connectivity index (χ1v) is 15.0. The molecular formula is C28H28BrN7OS2. The van der Waals surface area contributed by atoms with Gasteiger partial charge in [-0.2, -0.15) is 0 Å². The molecule has 0 unspecified atom stereocenters. The smallest absolute Gasteiger partial charge is 0.159 e. The van der Waals surface area contributed by atoms with Gasteiger partial charge in [-0.25, -0.2) is 14.3 Å². The molecule has 4 N–H and O–H groups in total. The Labute approximate surface area is 244 Å². The molecule has 0 radical (unpaired) electrons. The summed E-state index contributed by atoms with van der Waals surface area (Å²) in [6.07, 6.45) is 1.79. The predicted octanol–water partition coefficient (Wildman–Crippen LogP) is 6.84. The molecule has 2 aromatic carbocycles.